The van der Waals surface area contributed by atoms with E-state index in [2.05, 4.69) is 98.5 Å². The third-order valence-electron chi connectivity index (χ3n) is 9.75. The molecule has 0 radical (unpaired) electrons. The van der Waals surface area contributed by atoms with Gasteiger partial charge in [-0.3, -0.25) is 0 Å². The van der Waals surface area contributed by atoms with Crippen LogP contribution in [0.15, 0.2) is 36.4 Å². The van der Waals surface area contributed by atoms with Crippen molar-refractivity contribution in [3.05, 3.63) is 58.7 Å². The van der Waals surface area contributed by atoms with Gasteiger partial charge in [0.1, 0.15) is 0 Å². The number of rotatable bonds is 6. The number of hydrogen-bond donors (Lipinski definition) is 0. The van der Waals surface area contributed by atoms with Gasteiger partial charge in [0, 0.05) is 19.8 Å². The molecule has 35 heavy (non-hydrogen) atoms. The summed E-state index contributed by atoms with van der Waals surface area (Å²) in [7, 11) is -1.50. The number of benzene rings is 2. The Kier molecular flexibility index (Phi) is 8.26. The van der Waals surface area contributed by atoms with Gasteiger partial charge in [0.15, 0.2) is 0 Å². The zero-order chi connectivity index (χ0) is 25.5. The Labute approximate surface area is 219 Å². The van der Waals surface area contributed by atoms with Crippen LogP contribution in [-0.4, -0.2) is 28.8 Å². The van der Waals surface area contributed by atoms with Crippen LogP contribution in [-0.2, 0) is 0 Å². The van der Waals surface area contributed by atoms with Crippen LogP contribution in [0.3, 0.4) is 0 Å². The van der Waals surface area contributed by atoms with Gasteiger partial charge in [0.2, 0.25) is 0 Å². The van der Waals surface area contributed by atoms with Crippen molar-refractivity contribution in [3.63, 3.8) is 0 Å². The van der Waals surface area contributed by atoms with Gasteiger partial charge in [-0.05, 0) is 118 Å². The quantitative estimate of drug-likeness (QED) is 0.340. The zero-order valence-corrected chi connectivity index (χ0v) is 25.9. The topological polar surface area (TPSA) is 0 Å². The third-order valence-corrected chi connectivity index (χ3v) is 19.5. The third kappa shape index (κ3) is 5.46. The summed E-state index contributed by atoms with van der Waals surface area (Å²) in [4.78, 5) is 0. The standard InChI is InChI=1S/C33H51P2/c1-23-17-24(2)20-28(19-23)34(29-21-25(3)18-26(4)22-29)27(5)31-15-12-16-32(31)35(9,33(6,7)8)30-13-10-11-14-30/h17-22,27,30-32H,10-16H2,1-9H3/q+1/t27?,31-,32-,35?/m0/s1. The van der Waals surface area contributed by atoms with Crippen LogP contribution in [0.4, 0.5) is 0 Å². The van der Waals surface area contributed by atoms with Gasteiger partial charge in [0.25, 0.3) is 0 Å². The van der Waals surface area contributed by atoms with Gasteiger partial charge in [-0.25, -0.2) is 0 Å². The van der Waals surface area contributed by atoms with Crippen LogP contribution < -0.4 is 10.6 Å². The Morgan fingerprint density at radius 1 is 0.714 bits per heavy atom. The normalized spacial score (nSPS) is 24.2. The summed E-state index contributed by atoms with van der Waals surface area (Å²) in [6.45, 7) is 22.5. The first-order chi connectivity index (χ1) is 16.4. The molecule has 0 spiro atoms. The molecule has 0 bridgehead atoms. The first-order valence-electron chi connectivity index (χ1n) is 14.2. The highest BCUT2D eigenvalue weighted by Crippen LogP contribution is 2.79. The minimum absolute atomic E-state index is 0.392. The summed E-state index contributed by atoms with van der Waals surface area (Å²) in [6.07, 6.45) is 10.3. The molecule has 4 atom stereocenters. The maximum absolute atomic E-state index is 2.83. The predicted octanol–water partition coefficient (Wildman–Crippen LogP) is 9.30. The Hall–Kier alpha value is -0.700. The van der Waals surface area contributed by atoms with Crippen LogP contribution in [0, 0.1) is 33.6 Å². The Balaban J connectivity index is 1.80. The minimum atomic E-state index is -1.11. The molecular formula is C33H51P2+. The molecule has 0 aromatic heterocycles. The molecule has 0 amide bonds. The van der Waals surface area contributed by atoms with Crippen LogP contribution in [0.1, 0.15) is 94.9 Å². The van der Waals surface area contributed by atoms with Gasteiger partial charge < -0.3 is 0 Å². The SMILES string of the molecule is Cc1cc(C)cc(P(c2cc(C)cc(C)c2)C(C)[C@@H]2CCC[C@@H]2[P+](C)(C2CCCC2)C(C)(C)C)c1. The molecular weight excluding hydrogens is 458 g/mol. The zero-order valence-electron chi connectivity index (χ0n) is 24.1. The lowest BCUT2D eigenvalue weighted by Gasteiger charge is -2.47. The van der Waals surface area contributed by atoms with Gasteiger partial charge in [-0.15, -0.1) is 0 Å². The smallest absolute Gasteiger partial charge is 0.0575 e. The lowest BCUT2D eigenvalue weighted by Crippen LogP contribution is -2.40. The molecule has 2 aliphatic rings. The Bertz CT molecular complexity index is 934. The molecule has 2 fully saturated rings. The van der Waals surface area contributed by atoms with Crippen molar-refractivity contribution in [3.8, 4) is 0 Å². The fourth-order valence-corrected chi connectivity index (χ4v) is 17.4. The van der Waals surface area contributed by atoms with Crippen LogP contribution in [0.2, 0.25) is 0 Å². The summed E-state index contributed by atoms with van der Waals surface area (Å²) in [6, 6.07) is 14.8. The van der Waals surface area contributed by atoms with E-state index in [-0.39, 0.29) is 0 Å². The van der Waals surface area contributed by atoms with E-state index in [0.29, 0.717) is 5.16 Å². The summed E-state index contributed by atoms with van der Waals surface area (Å²) in [5, 5.41) is 3.67. The van der Waals surface area contributed by atoms with Gasteiger partial charge >= 0.3 is 0 Å². The van der Waals surface area contributed by atoms with E-state index in [0.717, 1.165) is 22.9 Å². The molecule has 0 aliphatic heterocycles. The molecule has 0 nitrogen and oxygen atoms in total. The van der Waals surface area contributed by atoms with Crippen molar-refractivity contribution < 1.29 is 0 Å². The van der Waals surface area contributed by atoms with Crippen molar-refractivity contribution in [2.24, 2.45) is 5.92 Å². The highest BCUT2D eigenvalue weighted by atomic mass is 31.2. The average molecular weight is 510 g/mol. The van der Waals surface area contributed by atoms with Crippen molar-refractivity contribution in [1.29, 1.82) is 0 Å². The molecule has 4 rings (SSSR count). The number of aryl methyl sites for hydroxylation is 4. The second-order valence-electron chi connectivity index (χ2n) is 13.2. The molecule has 2 aromatic carbocycles. The van der Waals surface area contributed by atoms with Crippen LogP contribution in [0.5, 0.6) is 0 Å². The highest BCUT2D eigenvalue weighted by Gasteiger charge is 2.60. The molecule has 2 saturated carbocycles. The minimum Gasteiger partial charge on any atom is -0.0575 e. The van der Waals surface area contributed by atoms with E-state index in [4.69, 9.17) is 0 Å². The van der Waals surface area contributed by atoms with Gasteiger partial charge in [-0.1, -0.05) is 65.6 Å². The van der Waals surface area contributed by atoms with Crippen molar-refractivity contribution in [2.75, 3.05) is 6.66 Å². The van der Waals surface area contributed by atoms with Crippen LogP contribution in [0.25, 0.3) is 0 Å². The van der Waals surface area contributed by atoms with E-state index in [1.54, 1.807) is 10.6 Å². The largest absolute Gasteiger partial charge is 0.0737 e. The predicted molar refractivity (Wildman–Crippen MR) is 163 cm³/mol. The molecule has 192 valence electrons. The lowest BCUT2D eigenvalue weighted by atomic mass is 10.0. The summed E-state index contributed by atoms with van der Waals surface area (Å²) >= 11 is 0. The monoisotopic (exact) mass is 509 g/mol. The van der Waals surface area contributed by atoms with Gasteiger partial charge in [0.05, 0.1) is 16.5 Å². The second-order valence-corrected chi connectivity index (χ2v) is 20.8. The summed E-state index contributed by atoms with van der Waals surface area (Å²) in [5.74, 6) is 0.862. The van der Waals surface area contributed by atoms with Crippen molar-refractivity contribution >= 4 is 25.8 Å². The Morgan fingerprint density at radius 3 is 1.60 bits per heavy atom. The lowest BCUT2D eigenvalue weighted by molar-refractivity contribution is 0.531. The maximum atomic E-state index is 2.83. The van der Waals surface area contributed by atoms with Gasteiger partial charge in [-0.2, -0.15) is 0 Å². The first kappa shape index (κ1) is 27.3. The number of hydrogen-bond acceptors (Lipinski definition) is 0. The van der Waals surface area contributed by atoms with E-state index < -0.39 is 15.2 Å². The fourth-order valence-electron chi connectivity index (χ4n) is 7.94. The molecule has 2 aliphatic carbocycles. The second kappa shape index (κ2) is 10.6. The molecule has 0 heterocycles. The average Bonchev–Trinajstić information content (AvgIpc) is 3.44. The van der Waals surface area contributed by atoms with Crippen LogP contribution >= 0.6 is 15.2 Å². The van der Waals surface area contributed by atoms with E-state index in [9.17, 15) is 0 Å². The Morgan fingerprint density at radius 2 is 1.17 bits per heavy atom. The van der Waals surface area contributed by atoms with E-state index in [1.165, 1.54) is 67.2 Å². The molecule has 2 aromatic rings. The first-order valence-corrected chi connectivity index (χ1v) is 18.0. The maximum Gasteiger partial charge on any atom is 0.0737 e. The summed E-state index contributed by atoms with van der Waals surface area (Å²) < 4.78 is 0. The van der Waals surface area contributed by atoms with E-state index >= 15 is 0 Å². The van der Waals surface area contributed by atoms with E-state index in [1.807, 2.05) is 0 Å². The molecule has 0 N–H and O–H groups in total. The molecule has 2 unspecified atom stereocenters. The van der Waals surface area contributed by atoms with Crippen molar-refractivity contribution in [1.82, 2.24) is 0 Å². The summed E-state index contributed by atoms with van der Waals surface area (Å²) in [5.41, 5.74) is 8.37. The fraction of sp³-hybridized carbons (Fsp3) is 0.636. The molecule has 2 heteroatoms. The molecule has 0 saturated heterocycles. The highest BCUT2D eigenvalue weighted by molar-refractivity contribution is 7.78. The van der Waals surface area contributed by atoms with Crippen molar-refractivity contribution in [2.45, 2.75) is 122 Å².